The van der Waals surface area contributed by atoms with Crippen LogP contribution in [0.3, 0.4) is 0 Å². The van der Waals surface area contributed by atoms with Crippen LogP contribution < -0.4 is 5.32 Å². The molecule has 2 atom stereocenters. The van der Waals surface area contributed by atoms with Gasteiger partial charge in [-0.25, -0.2) is 0 Å². The summed E-state index contributed by atoms with van der Waals surface area (Å²) in [6, 6.07) is 9.24. The predicted molar refractivity (Wildman–Crippen MR) is 64.9 cm³/mol. The van der Waals surface area contributed by atoms with Gasteiger partial charge >= 0.3 is 0 Å². The molecule has 1 heteroatoms. The summed E-state index contributed by atoms with van der Waals surface area (Å²) < 4.78 is 0. The first kappa shape index (κ1) is 10.4. The largest absolute Gasteiger partial charge is 0.309 e. The van der Waals surface area contributed by atoms with Crippen molar-refractivity contribution in [3.63, 3.8) is 0 Å². The summed E-state index contributed by atoms with van der Waals surface area (Å²) in [5, 5.41) is 3.61. The van der Waals surface area contributed by atoms with E-state index in [0.29, 0.717) is 12.0 Å². The molecule has 0 spiro atoms. The summed E-state index contributed by atoms with van der Waals surface area (Å²) in [6.45, 7) is 7.26. The highest BCUT2D eigenvalue weighted by Gasteiger charge is 2.23. The van der Waals surface area contributed by atoms with Crippen molar-refractivity contribution in [2.45, 2.75) is 25.8 Å². The Labute approximate surface area is 92.2 Å². The highest BCUT2D eigenvalue weighted by atomic mass is 14.9. The second-order valence-electron chi connectivity index (χ2n) is 4.19. The molecular formula is C14H19N. The van der Waals surface area contributed by atoms with E-state index in [1.54, 1.807) is 0 Å². The highest BCUT2D eigenvalue weighted by molar-refractivity contribution is 5.33. The van der Waals surface area contributed by atoms with E-state index in [1.807, 2.05) is 0 Å². The minimum absolute atomic E-state index is 0.470. The topological polar surface area (TPSA) is 12.0 Å². The molecule has 0 fully saturated rings. The van der Waals surface area contributed by atoms with E-state index in [4.69, 9.17) is 0 Å². The van der Waals surface area contributed by atoms with Crippen molar-refractivity contribution >= 4 is 0 Å². The van der Waals surface area contributed by atoms with Gasteiger partial charge in [0.25, 0.3) is 0 Å². The molecule has 2 rings (SSSR count). The van der Waals surface area contributed by atoms with Gasteiger partial charge in [-0.05, 0) is 36.4 Å². The SMILES string of the molecule is C=C[C@@H](CC)[C@H]1NCCc2ccccc21. The summed E-state index contributed by atoms with van der Waals surface area (Å²) in [5.41, 5.74) is 2.97. The maximum absolute atomic E-state index is 3.94. The van der Waals surface area contributed by atoms with Crippen LogP contribution in [0.5, 0.6) is 0 Å². The lowest BCUT2D eigenvalue weighted by Crippen LogP contribution is -2.33. The Balaban J connectivity index is 2.32. The van der Waals surface area contributed by atoms with Crippen LogP contribution in [-0.2, 0) is 6.42 Å². The third-order valence-electron chi connectivity index (χ3n) is 3.35. The van der Waals surface area contributed by atoms with Crippen molar-refractivity contribution in [2.75, 3.05) is 6.54 Å². The summed E-state index contributed by atoms with van der Waals surface area (Å²) in [4.78, 5) is 0. The van der Waals surface area contributed by atoms with Crippen molar-refractivity contribution in [3.8, 4) is 0 Å². The van der Waals surface area contributed by atoms with Crippen LogP contribution in [0.4, 0.5) is 0 Å². The van der Waals surface area contributed by atoms with E-state index in [-0.39, 0.29) is 0 Å². The standard InChI is InChI=1S/C14H19N/c1-3-11(4-2)14-13-8-6-5-7-12(13)9-10-15-14/h3,5-8,11,14-15H,1,4,9-10H2,2H3/t11-,14+/m0/s1. The summed E-state index contributed by atoms with van der Waals surface area (Å²) >= 11 is 0. The van der Waals surface area contributed by atoms with E-state index < -0.39 is 0 Å². The Morgan fingerprint density at radius 2 is 2.33 bits per heavy atom. The predicted octanol–water partition coefficient (Wildman–Crippen LogP) is 3.09. The minimum Gasteiger partial charge on any atom is -0.309 e. The van der Waals surface area contributed by atoms with Crippen LogP contribution >= 0.6 is 0 Å². The number of fused-ring (bicyclic) bond motifs is 1. The van der Waals surface area contributed by atoms with Gasteiger partial charge in [0.05, 0.1) is 0 Å². The van der Waals surface area contributed by atoms with E-state index in [1.165, 1.54) is 11.1 Å². The molecule has 80 valence electrons. The van der Waals surface area contributed by atoms with Crippen LogP contribution in [0.2, 0.25) is 0 Å². The van der Waals surface area contributed by atoms with Gasteiger partial charge in [-0.2, -0.15) is 0 Å². The molecule has 0 radical (unpaired) electrons. The highest BCUT2D eigenvalue weighted by Crippen LogP contribution is 2.30. The first-order valence-corrected chi connectivity index (χ1v) is 5.80. The van der Waals surface area contributed by atoms with Gasteiger partial charge in [-0.1, -0.05) is 37.3 Å². The zero-order valence-corrected chi connectivity index (χ0v) is 9.37. The number of hydrogen-bond acceptors (Lipinski definition) is 1. The fourth-order valence-corrected chi connectivity index (χ4v) is 2.46. The van der Waals surface area contributed by atoms with Crippen molar-refractivity contribution in [1.29, 1.82) is 0 Å². The molecule has 0 saturated carbocycles. The normalized spacial score (nSPS) is 21.8. The van der Waals surface area contributed by atoms with Crippen LogP contribution in [-0.4, -0.2) is 6.54 Å². The van der Waals surface area contributed by atoms with Crippen molar-refractivity contribution in [2.24, 2.45) is 5.92 Å². The van der Waals surface area contributed by atoms with E-state index in [9.17, 15) is 0 Å². The molecule has 0 saturated heterocycles. The number of hydrogen-bond donors (Lipinski definition) is 1. The fourth-order valence-electron chi connectivity index (χ4n) is 2.46. The fraction of sp³-hybridized carbons (Fsp3) is 0.429. The van der Waals surface area contributed by atoms with Gasteiger partial charge in [0.2, 0.25) is 0 Å². The first-order valence-electron chi connectivity index (χ1n) is 5.80. The Morgan fingerprint density at radius 1 is 1.53 bits per heavy atom. The molecule has 0 bridgehead atoms. The molecule has 0 aromatic heterocycles. The maximum atomic E-state index is 3.94. The Bertz CT molecular complexity index is 343. The third kappa shape index (κ3) is 1.98. The molecule has 1 aromatic carbocycles. The Kier molecular flexibility index (Phi) is 3.22. The first-order chi connectivity index (χ1) is 7.36. The molecule has 0 aliphatic carbocycles. The molecule has 1 nitrogen and oxygen atoms in total. The molecule has 15 heavy (non-hydrogen) atoms. The van der Waals surface area contributed by atoms with E-state index in [2.05, 4.69) is 49.2 Å². The van der Waals surface area contributed by atoms with E-state index >= 15 is 0 Å². The van der Waals surface area contributed by atoms with Gasteiger partial charge in [0.1, 0.15) is 0 Å². The summed E-state index contributed by atoms with van der Waals surface area (Å²) in [6.07, 6.45) is 4.38. The molecule has 1 heterocycles. The van der Waals surface area contributed by atoms with Gasteiger partial charge < -0.3 is 5.32 Å². The molecule has 1 N–H and O–H groups in total. The quantitative estimate of drug-likeness (QED) is 0.741. The van der Waals surface area contributed by atoms with E-state index in [0.717, 1.165) is 19.4 Å². The van der Waals surface area contributed by atoms with Crippen LogP contribution in [0.25, 0.3) is 0 Å². The average Bonchev–Trinajstić information content (AvgIpc) is 2.31. The molecule has 1 aliphatic heterocycles. The average molecular weight is 201 g/mol. The second kappa shape index (κ2) is 4.63. The third-order valence-corrected chi connectivity index (χ3v) is 3.35. The number of nitrogens with one attached hydrogen (secondary N) is 1. The number of rotatable bonds is 3. The minimum atomic E-state index is 0.470. The van der Waals surface area contributed by atoms with Crippen molar-refractivity contribution < 1.29 is 0 Å². The second-order valence-corrected chi connectivity index (χ2v) is 4.19. The lowest BCUT2D eigenvalue weighted by molar-refractivity contribution is 0.395. The van der Waals surface area contributed by atoms with Gasteiger partial charge in [-0.15, -0.1) is 6.58 Å². The molecule has 0 unspecified atom stereocenters. The molecular weight excluding hydrogens is 182 g/mol. The maximum Gasteiger partial charge on any atom is 0.0386 e. The van der Waals surface area contributed by atoms with Gasteiger partial charge in [0.15, 0.2) is 0 Å². The molecule has 1 aromatic rings. The van der Waals surface area contributed by atoms with Crippen LogP contribution in [0.1, 0.15) is 30.5 Å². The van der Waals surface area contributed by atoms with Crippen LogP contribution in [0.15, 0.2) is 36.9 Å². The molecule has 1 aliphatic rings. The molecule has 0 amide bonds. The van der Waals surface area contributed by atoms with Crippen molar-refractivity contribution in [3.05, 3.63) is 48.0 Å². The summed E-state index contributed by atoms with van der Waals surface area (Å²) in [7, 11) is 0. The Morgan fingerprint density at radius 3 is 3.07 bits per heavy atom. The number of benzene rings is 1. The van der Waals surface area contributed by atoms with Gasteiger partial charge in [-0.3, -0.25) is 0 Å². The zero-order chi connectivity index (χ0) is 10.7. The zero-order valence-electron chi connectivity index (χ0n) is 9.37. The smallest absolute Gasteiger partial charge is 0.0386 e. The lowest BCUT2D eigenvalue weighted by Gasteiger charge is -2.31. The van der Waals surface area contributed by atoms with Crippen LogP contribution in [0, 0.1) is 5.92 Å². The lowest BCUT2D eigenvalue weighted by atomic mass is 9.85. The van der Waals surface area contributed by atoms with Gasteiger partial charge in [0, 0.05) is 6.04 Å². The monoisotopic (exact) mass is 201 g/mol. The summed E-state index contributed by atoms with van der Waals surface area (Å²) in [5.74, 6) is 0.548. The Hall–Kier alpha value is -1.08. The van der Waals surface area contributed by atoms with Crippen molar-refractivity contribution in [1.82, 2.24) is 5.32 Å².